The average molecular weight is 295 g/mol. The molecule has 5 heteroatoms. The smallest absolute Gasteiger partial charge is 0.308 e. The van der Waals surface area contributed by atoms with Gasteiger partial charge in [0.1, 0.15) is 0 Å². The number of hydrogen-bond donors (Lipinski definition) is 2. The van der Waals surface area contributed by atoms with Gasteiger partial charge in [-0.1, -0.05) is 18.2 Å². The van der Waals surface area contributed by atoms with E-state index in [1.54, 1.807) is 12.1 Å². The van der Waals surface area contributed by atoms with Crippen molar-refractivity contribution in [2.24, 2.45) is 17.8 Å². The molecule has 0 aliphatic heterocycles. The van der Waals surface area contributed by atoms with Crippen LogP contribution in [0, 0.1) is 17.8 Å². The fraction of sp³-hybridized carbons (Fsp3) is 0.562. The van der Waals surface area contributed by atoms with Gasteiger partial charge in [-0.25, -0.2) is 8.78 Å². The predicted octanol–water partition coefficient (Wildman–Crippen LogP) is 3.21. The normalized spacial score (nSPS) is 31.0. The van der Waals surface area contributed by atoms with Crippen LogP contribution in [0.1, 0.15) is 36.8 Å². The van der Waals surface area contributed by atoms with Crippen molar-refractivity contribution in [1.29, 1.82) is 0 Å². The van der Waals surface area contributed by atoms with E-state index in [1.165, 1.54) is 12.1 Å². The van der Waals surface area contributed by atoms with Crippen LogP contribution in [0.2, 0.25) is 0 Å². The third kappa shape index (κ3) is 2.79. The Balaban J connectivity index is 1.67. The van der Waals surface area contributed by atoms with Gasteiger partial charge in [-0.15, -0.1) is 0 Å². The van der Waals surface area contributed by atoms with Gasteiger partial charge in [0.05, 0.1) is 5.92 Å². The fourth-order valence-corrected chi connectivity index (χ4v) is 4.01. The van der Waals surface area contributed by atoms with Crippen LogP contribution >= 0.6 is 0 Å². The number of rotatable bonds is 5. The van der Waals surface area contributed by atoms with Crippen molar-refractivity contribution < 1.29 is 18.7 Å². The highest BCUT2D eigenvalue weighted by Gasteiger charge is 2.50. The number of aliphatic carboxylic acids is 1. The van der Waals surface area contributed by atoms with Crippen molar-refractivity contribution in [3.8, 4) is 0 Å². The standard InChI is InChI=1S/C16H19F2NO2/c17-15(18)12-3-1-2-9(6-12)8-19-14-11-5-4-10(7-11)13(14)16(20)21/h1-3,6,10-11,13-15,19H,4-5,7-8H2,(H,20,21). The van der Waals surface area contributed by atoms with E-state index >= 15 is 0 Å². The molecule has 2 N–H and O–H groups in total. The van der Waals surface area contributed by atoms with Gasteiger partial charge in [0.25, 0.3) is 6.43 Å². The maximum Gasteiger partial charge on any atom is 0.308 e. The molecule has 21 heavy (non-hydrogen) atoms. The van der Waals surface area contributed by atoms with Crippen LogP contribution < -0.4 is 5.32 Å². The van der Waals surface area contributed by atoms with Crippen LogP contribution in [0.15, 0.2) is 24.3 Å². The van der Waals surface area contributed by atoms with Crippen molar-refractivity contribution in [2.45, 2.75) is 38.3 Å². The maximum atomic E-state index is 12.7. The zero-order valence-electron chi connectivity index (χ0n) is 11.6. The van der Waals surface area contributed by atoms with E-state index in [0.717, 1.165) is 24.8 Å². The monoisotopic (exact) mass is 295 g/mol. The van der Waals surface area contributed by atoms with Gasteiger partial charge < -0.3 is 10.4 Å². The molecule has 114 valence electrons. The van der Waals surface area contributed by atoms with Crippen molar-refractivity contribution in [1.82, 2.24) is 5.32 Å². The lowest BCUT2D eigenvalue weighted by Crippen LogP contribution is -2.43. The van der Waals surface area contributed by atoms with Gasteiger partial charge in [-0.05, 0) is 42.7 Å². The Labute approximate surface area is 122 Å². The van der Waals surface area contributed by atoms with E-state index in [1.807, 2.05) is 0 Å². The minimum absolute atomic E-state index is 0.0111. The largest absolute Gasteiger partial charge is 0.481 e. The second-order valence-corrected chi connectivity index (χ2v) is 6.15. The molecule has 0 saturated heterocycles. The number of hydrogen-bond acceptors (Lipinski definition) is 2. The summed E-state index contributed by atoms with van der Waals surface area (Å²) in [6.45, 7) is 0.443. The Morgan fingerprint density at radius 3 is 2.81 bits per heavy atom. The van der Waals surface area contributed by atoms with E-state index in [4.69, 9.17) is 0 Å². The average Bonchev–Trinajstić information content (AvgIpc) is 3.05. The minimum Gasteiger partial charge on any atom is -0.481 e. The summed E-state index contributed by atoms with van der Waals surface area (Å²) in [4.78, 5) is 11.4. The molecule has 0 radical (unpaired) electrons. The molecular formula is C16H19F2NO2. The number of nitrogens with one attached hydrogen (secondary N) is 1. The molecule has 0 aromatic heterocycles. The highest BCUT2D eigenvalue weighted by atomic mass is 19.3. The van der Waals surface area contributed by atoms with Crippen molar-refractivity contribution >= 4 is 5.97 Å². The van der Waals surface area contributed by atoms with Gasteiger partial charge in [0, 0.05) is 18.2 Å². The molecule has 2 fully saturated rings. The van der Waals surface area contributed by atoms with Gasteiger partial charge in [0.2, 0.25) is 0 Å². The molecule has 3 rings (SSSR count). The van der Waals surface area contributed by atoms with Gasteiger partial charge in [-0.3, -0.25) is 4.79 Å². The molecule has 4 atom stereocenters. The fourth-order valence-electron chi connectivity index (χ4n) is 4.01. The van der Waals surface area contributed by atoms with Crippen LogP contribution in [0.4, 0.5) is 8.78 Å². The van der Waals surface area contributed by atoms with Crippen molar-refractivity contribution in [3.05, 3.63) is 35.4 Å². The number of carboxylic acids is 1. The molecule has 0 heterocycles. The third-order valence-electron chi connectivity index (χ3n) is 4.95. The molecule has 4 unspecified atom stereocenters. The van der Waals surface area contributed by atoms with E-state index in [-0.39, 0.29) is 23.4 Å². The summed E-state index contributed by atoms with van der Waals surface area (Å²) in [7, 11) is 0. The number of benzene rings is 1. The SMILES string of the molecule is O=C(O)C1C2CCC(C2)C1NCc1cccc(C(F)F)c1. The summed E-state index contributed by atoms with van der Waals surface area (Å²) >= 11 is 0. The molecule has 0 spiro atoms. The van der Waals surface area contributed by atoms with Crippen LogP contribution in [0.5, 0.6) is 0 Å². The highest BCUT2D eigenvalue weighted by molar-refractivity contribution is 5.72. The quantitative estimate of drug-likeness (QED) is 0.877. The highest BCUT2D eigenvalue weighted by Crippen LogP contribution is 2.48. The lowest BCUT2D eigenvalue weighted by molar-refractivity contribution is -0.144. The predicted molar refractivity (Wildman–Crippen MR) is 74.0 cm³/mol. The Morgan fingerprint density at radius 1 is 1.33 bits per heavy atom. The molecular weight excluding hydrogens is 276 g/mol. The van der Waals surface area contributed by atoms with Crippen molar-refractivity contribution in [2.75, 3.05) is 0 Å². The van der Waals surface area contributed by atoms with E-state index in [9.17, 15) is 18.7 Å². The summed E-state index contributed by atoms with van der Waals surface area (Å²) in [5.74, 6) is -0.380. The van der Waals surface area contributed by atoms with E-state index in [0.29, 0.717) is 12.5 Å². The number of halogens is 2. The molecule has 1 aromatic carbocycles. The Kier molecular flexibility index (Phi) is 3.93. The molecule has 2 aliphatic rings. The Morgan fingerprint density at radius 2 is 2.10 bits per heavy atom. The van der Waals surface area contributed by atoms with Crippen LogP contribution in [-0.2, 0) is 11.3 Å². The number of carboxylic acid groups (broad SMARTS) is 1. The van der Waals surface area contributed by atoms with Crippen molar-refractivity contribution in [3.63, 3.8) is 0 Å². The Bertz CT molecular complexity index is 535. The topological polar surface area (TPSA) is 49.3 Å². The van der Waals surface area contributed by atoms with Gasteiger partial charge in [-0.2, -0.15) is 0 Å². The lowest BCUT2D eigenvalue weighted by atomic mass is 9.84. The molecule has 1 aromatic rings. The number of carbonyl (C=O) groups is 1. The molecule has 2 aliphatic carbocycles. The number of alkyl halides is 2. The maximum absolute atomic E-state index is 12.7. The zero-order valence-corrected chi connectivity index (χ0v) is 11.6. The molecule has 3 nitrogen and oxygen atoms in total. The Hall–Kier alpha value is -1.49. The van der Waals surface area contributed by atoms with Crippen LogP contribution in [0.25, 0.3) is 0 Å². The first kappa shape index (κ1) is 14.4. The molecule has 2 bridgehead atoms. The summed E-state index contributed by atoms with van der Waals surface area (Å²) in [5, 5.41) is 12.7. The summed E-state index contributed by atoms with van der Waals surface area (Å²) in [5.41, 5.74) is 0.789. The third-order valence-corrected chi connectivity index (χ3v) is 4.95. The minimum atomic E-state index is -2.47. The molecule has 2 saturated carbocycles. The summed E-state index contributed by atoms with van der Waals surface area (Å²) in [6.07, 6.45) is 0.578. The van der Waals surface area contributed by atoms with E-state index in [2.05, 4.69) is 5.32 Å². The van der Waals surface area contributed by atoms with Gasteiger partial charge >= 0.3 is 5.97 Å². The second-order valence-electron chi connectivity index (χ2n) is 6.15. The summed E-state index contributed by atoms with van der Waals surface area (Å²) < 4.78 is 25.4. The first-order valence-corrected chi connectivity index (χ1v) is 7.39. The van der Waals surface area contributed by atoms with Crippen LogP contribution in [0.3, 0.4) is 0 Å². The molecule has 0 amide bonds. The first-order valence-electron chi connectivity index (χ1n) is 7.39. The van der Waals surface area contributed by atoms with Crippen LogP contribution in [-0.4, -0.2) is 17.1 Å². The lowest BCUT2D eigenvalue weighted by Gasteiger charge is -2.29. The zero-order chi connectivity index (χ0) is 15.0. The number of fused-ring (bicyclic) bond motifs is 2. The second kappa shape index (κ2) is 5.72. The van der Waals surface area contributed by atoms with E-state index < -0.39 is 12.4 Å². The first-order chi connectivity index (χ1) is 10.1. The summed E-state index contributed by atoms with van der Waals surface area (Å²) in [6, 6.07) is 6.28. The van der Waals surface area contributed by atoms with Gasteiger partial charge in [0.15, 0.2) is 0 Å².